The van der Waals surface area contributed by atoms with Gasteiger partial charge in [0.25, 0.3) is 5.91 Å². The zero-order chi connectivity index (χ0) is 21.8. The predicted molar refractivity (Wildman–Crippen MR) is 114 cm³/mol. The van der Waals surface area contributed by atoms with Crippen LogP contribution in [0.2, 0.25) is 0 Å². The highest BCUT2D eigenvalue weighted by Gasteiger charge is 2.25. The maximum Gasteiger partial charge on any atom is 0.264 e. The van der Waals surface area contributed by atoms with Crippen LogP contribution in [0, 0.1) is 11.3 Å². The van der Waals surface area contributed by atoms with E-state index in [0.29, 0.717) is 49.0 Å². The Kier molecular flexibility index (Phi) is 5.85. The number of fused-ring (bicyclic) bond motifs is 1. The minimum Gasteiger partial charge on any atom is -0.497 e. The van der Waals surface area contributed by atoms with E-state index in [1.54, 1.807) is 30.2 Å². The molecule has 0 unspecified atom stereocenters. The number of nitriles is 1. The van der Waals surface area contributed by atoms with Gasteiger partial charge in [-0.2, -0.15) is 5.26 Å². The van der Waals surface area contributed by atoms with Gasteiger partial charge in [-0.05, 0) is 48.0 Å². The molecule has 0 bridgehead atoms. The maximum atomic E-state index is 13.0. The van der Waals surface area contributed by atoms with E-state index >= 15 is 0 Å². The predicted octanol–water partition coefficient (Wildman–Crippen LogP) is 2.69. The second-order valence-corrected chi connectivity index (χ2v) is 7.10. The van der Waals surface area contributed by atoms with Gasteiger partial charge >= 0.3 is 0 Å². The molecular weight excluding hydrogens is 398 g/mol. The Morgan fingerprint density at radius 1 is 1.06 bits per heavy atom. The first-order chi connectivity index (χ1) is 15.1. The molecule has 1 amide bonds. The first-order valence-electron chi connectivity index (χ1n) is 9.90. The van der Waals surface area contributed by atoms with Crippen LogP contribution in [0.3, 0.4) is 0 Å². The Labute approximate surface area is 180 Å². The summed E-state index contributed by atoms with van der Waals surface area (Å²) in [4.78, 5) is 16.9. The Bertz CT molecular complexity index is 1030. The summed E-state index contributed by atoms with van der Waals surface area (Å²) in [5, 5.41) is 9.61. The maximum absolute atomic E-state index is 13.0. The lowest BCUT2D eigenvalue weighted by molar-refractivity contribution is -0.126. The van der Waals surface area contributed by atoms with Crippen molar-refractivity contribution in [2.75, 3.05) is 52.1 Å². The van der Waals surface area contributed by atoms with Crippen LogP contribution in [-0.2, 0) is 4.79 Å². The van der Waals surface area contributed by atoms with Gasteiger partial charge in [0.15, 0.2) is 11.5 Å². The third-order valence-electron chi connectivity index (χ3n) is 5.35. The first-order valence-corrected chi connectivity index (χ1v) is 9.90. The summed E-state index contributed by atoms with van der Waals surface area (Å²) in [6.07, 6.45) is 1.56. The van der Waals surface area contributed by atoms with Crippen LogP contribution in [0.25, 0.3) is 6.08 Å². The molecular formula is C23H23N3O5. The Morgan fingerprint density at radius 2 is 1.81 bits per heavy atom. The van der Waals surface area contributed by atoms with E-state index in [2.05, 4.69) is 4.90 Å². The lowest BCUT2D eigenvalue weighted by atomic mass is 10.1. The van der Waals surface area contributed by atoms with E-state index < -0.39 is 0 Å². The van der Waals surface area contributed by atoms with Gasteiger partial charge in [-0.1, -0.05) is 0 Å². The molecule has 2 aliphatic heterocycles. The van der Waals surface area contributed by atoms with Crippen LogP contribution in [0.4, 0.5) is 5.69 Å². The summed E-state index contributed by atoms with van der Waals surface area (Å²) in [5.74, 6) is 2.08. The van der Waals surface area contributed by atoms with Crippen molar-refractivity contribution in [2.24, 2.45) is 0 Å². The van der Waals surface area contributed by atoms with Crippen molar-refractivity contribution in [1.82, 2.24) is 4.90 Å². The monoisotopic (exact) mass is 421 g/mol. The molecule has 1 saturated heterocycles. The molecule has 0 aromatic heterocycles. The fourth-order valence-electron chi connectivity index (χ4n) is 3.67. The number of rotatable bonds is 5. The number of carbonyl (C=O) groups is 1. The summed E-state index contributed by atoms with van der Waals surface area (Å²) in [6.45, 7) is 2.56. The number of benzene rings is 2. The first kappa shape index (κ1) is 20.4. The van der Waals surface area contributed by atoms with Crippen molar-refractivity contribution in [1.29, 1.82) is 5.26 Å². The SMILES string of the molecule is COc1ccc(N2CCN(C(=O)/C(C#N)=C/c3cc(OC)c4c(c3)OCO4)CC2)cc1. The molecule has 8 nitrogen and oxygen atoms in total. The van der Waals surface area contributed by atoms with Crippen LogP contribution < -0.4 is 23.8 Å². The van der Waals surface area contributed by atoms with Gasteiger partial charge in [0.1, 0.15) is 17.4 Å². The van der Waals surface area contributed by atoms with Gasteiger partial charge in [0.05, 0.1) is 14.2 Å². The van der Waals surface area contributed by atoms with Crippen LogP contribution in [0.1, 0.15) is 5.56 Å². The lowest BCUT2D eigenvalue weighted by Gasteiger charge is -2.36. The molecule has 0 atom stereocenters. The number of methoxy groups -OCH3 is 2. The standard InChI is InChI=1S/C23H23N3O5/c1-28-19-5-3-18(4-6-19)25-7-9-26(10-8-25)23(27)17(14-24)11-16-12-20(29-2)22-21(13-16)30-15-31-22/h3-6,11-13H,7-10,15H2,1-2H3/b17-11+. The number of carbonyl (C=O) groups excluding carboxylic acids is 1. The van der Waals surface area contributed by atoms with E-state index in [4.69, 9.17) is 18.9 Å². The summed E-state index contributed by atoms with van der Waals surface area (Å²) >= 11 is 0. The van der Waals surface area contributed by atoms with Crippen molar-refractivity contribution in [3.63, 3.8) is 0 Å². The number of hydrogen-bond acceptors (Lipinski definition) is 7. The molecule has 8 heteroatoms. The van der Waals surface area contributed by atoms with Gasteiger partial charge in [0.2, 0.25) is 12.5 Å². The molecule has 4 rings (SSSR count). The minimum absolute atomic E-state index is 0.0683. The summed E-state index contributed by atoms with van der Waals surface area (Å²) in [5.41, 5.74) is 1.79. The highest BCUT2D eigenvalue weighted by Crippen LogP contribution is 2.42. The number of hydrogen-bond donors (Lipinski definition) is 0. The molecule has 0 N–H and O–H groups in total. The summed E-state index contributed by atoms with van der Waals surface area (Å²) in [7, 11) is 3.17. The quantitative estimate of drug-likeness (QED) is 0.542. The lowest BCUT2D eigenvalue weighted by Crippen LogP contribution is -2.49. The number of amides is 1. The molecule has 160 valence electrons. The molecule has 0 spiro atoms. The molecule has 2 aromatic carbocycles. The van der Waals surface area contributed by atoms with E-state index in [1.165, 1.54) is 7.11 Å². The third kappa shape index (κ3) is 4.21. The van der Waals surface area contributed by atoms with Crippen molar-refractivity contribution in [3.8, 4) is 29.1 Å². The second-order valence-electron chi connectivity index (χ2n) is 7.10. The van der Waals surface area contributed by atoms with Gasteiger partial charge < -0.3 is 28.7 Å². The van der Waals surface area contributed by atoms with Crippen LogP contribution in [-0.4, -0.2) is 58.0 Å². The Balaban J connectivity index is 1.45. The second kappa shape index (κ2) is 8.88. The smallest absolute Gasteiger partial charge is 0.264 e. The highest BCUT2D eigenvalue weighted by molar-refractivity contribution is 6.02. The Hall–Kier alpha value is -3.86. The molecule has 31 heavy (non-hydrogen) atoms. The van der Waals surface area contributed by atoms with Crippen molar-refractivity contribution in [3.05, 3.63) is 47.5 Å². The van der Waals surface area contributed by atoms with Gasteiger partial charge in [-0.25, -0.2) is 0 Å². The summed E-state index contributed by atoms with van der Waals surface area (Å²) < 4.78 is 21.3. The topological polar surface area (TPSA) is 84.3 Å². The summed E-state index contributed by atoms with van der Waals surface area (Å²) in [6, 6.07) is 13.3. The Morgan fingerprint density at radius 3 is 2.45 bits per heavy atom. The molecule has 1 fully saturated rings. The minimum atomic E-state index is -0.284. The van der Waals surface area contributed by atoms with Gasteiger partial charge in [0, 0.05) is 31.9 Å². The molecule has 2 aliphatic rings. The number of piperazine rings is 1. The van der Waals surface area contributed by atoms with Crippen LogP contribution >= 0.6 is 0 Å². The largest absolute Gasteiger partial charge is 0.497 e. The normalized spacial score (nSPS) is 15.5. The number of nitrogens with zero attached hydrogens (tertiary/aromatic N) is 3. The van der Waals surface area contributed by atoms with Crippen LogP contribution in [0.15, 0.2) is 42.0 Å². The zero-order valence-corrected chi connectivity index (χ0v) is 17.5. The third-order valence-corrected chi connectivity index (χ3v) is 5.35. The fourth-order valence-corrected chi connectivity index (χ4v) is 3.67. The molecule has 0 aliphatic carbocycles. The van der Waals surface area contributed by atoms with Crippen molar-refractivity contribution >= 4 is 17.7 Å². The average Bonchev–Trinajstić information content (AvgIpc) is 3.30. The zero-order valence-electron chi connectivity index (χ0n) is 17.5. The number of anilines is 1. The van der Waals surface area contributed by atoms with E-state index in [1.807, 2.05) is 30.3 Å². The molecule has 0 radical (unpaired) electrons. The van der Waals surface area contributed by atoms with E-state index in [9.17, 15) is 10.1 Å². The van der Waals surface area contributed by atoms with Crippen molar-refractivity contribution in [2.45, 2.75) is 0 Å². The van der Waals surface area contributed by atoms with Crippen LogP contribution in [0.5, 0.6) is 23.0 Å². The van der Waals surface area contributed by atoms with Crippen molar-refractivity contribution < 1.29 is 23.7 Å². The molecule has 2 aromatic rings. The highest BCUT2D eigenvalue weighted by atomic mass is 16.7. The molecule has 0 saturated carbocycles. The fraction of sp³-hybridized carbons (Fsp3) is 0.304. The van der Waals surface area contributed by atoms with E-state index in [-0.39, 0.29) is 18.3 Å². The number of ether oxygens (including phenoxy) is 4. The van der Waals surface area contributed by atoms with E-state index in [0.717, 1.165) is 11.4 Å². The average molecular weight is 421 g/mol. The van der Waals surface area contributed by atoms with Gasteiger partial charge in [-0.3, -0.25) is 4.79 Å². The van der Waals surface area contributed by atoms with Gasteiger partial charge in [-0.15, -0.1) is 0 Å². The molecule has 2 heterocycles.